The highest BCUT2D eigenvalue weighted by molar-refractivity contribution is 5.97. The van der Waals surface area contributed by atoms with Crippen LogP contribution in [-0.4, -0.2) is 60.4 Å². The molecule has 0 radical (unpaired) electrons. The van der Waals surface area contributed by atoms with Gasteiger partial charge in [0, 0.05) is 25.3 Å². The minimum Gasteiger partial charge on any atom is -0.355 e. The average molecular weight is 364 g/mol. The Bertz CT molecular complexity index is 965. The lowest BCUT2D eigenvalue weighted by molar-refractivity contribution is 0.0931. The number of aromatic nitrogens is 7. The first-order chi connectivity index (χ1) is 13.3. The maximum Gasteiger partial charge on any atom is 0.256 e. The summed E-state index contributed by atoms with van der Waals surface area (Å²) >= 11 is 0. The largest absolute Gasteiger partial charge is 0.355 e. The third kappa shape index (κ3) is 3.32. The third-order valence-electron chi connectivity index (χ3n) is 4.48. The summed E-state index contributed by atoms with van der Waals surface area (Å²) in [5.74, 6) is 0.880. The van der Waals surface area contributed by atoms with E-state index in [4.69, 9.17) is 0 Å². The van der Waals surface area contributed by atoms with Crippen LogP contribution in [0.25, 0.3) is 5.82 Å². The van der Waals surface area contributed by atoms with E-state index in [0.717, 1.165) is 12.8 Å². The van der Waals surface area contributed by atoms with E-state index < -0.39 is 0 Å². The van der Waals surface area contributed by atoms with Gasteiger partial charge in [-0.2, -0.15) is 15.0 Å². The lowest BCUT2D eigenvalue weighted by atomic mass is 10.0. The molecule has 1 amide bonds. The van der Waals surface area contributed by atoms with E-state index in [1.807, 2.05) is 0 Å². The van der Waals surface area contributed by atoms with Gasteiger partial charge in [0.1, 0.15) is 23.8 Å². The number of nitrogens with zero attached hydrogens (tertiary/aromatic N) is 8. The van der Waals surface area contributed by atoms with Crippen LogP contribution in [-0.2, 0) is 0 Å². The minimum atomic E-state index is -0.233. The van der Waals surface area contributed by atoms with E-state index in [9.17, 15) is 10.1 Å². The molecule has 11 heteroatoms. The summed E-state index contributed by atoms with van der Waals surface area (Å²) in [5, 5.41) is 29.8. The molecule has 3 aromatic rings. The second-order valence-corrected chi connectivity index (χ2v) is 6.11. The van der Waals surface area contributed by atoms with Crippen LogP contribution in [0.2, 0.25) is 0 Å². The molecule has 4 heterocycles. The Morgan fingerprint density at radius 2 is 2.22 bits per heavy atom. The van der Waals surface area contributed by atoms with Gasteiger partial charge in [-0.1, -0.05) is 0 Å². The summed E-state index contributed by atoms with van der Waals surface area (Å²) in [6, 6.07) is 5.71. The number of pyridine rings is 1. The number of tetrazole rings is 1. The van der Waals surface area contributed by atoms with Gasteiger partial charge in [-0.3, -0.25) is 9.89 Å². The normalized spacial score (nSPS) is 14.7. The van der Waals surface area contributed by atoms with Crippen molar-refractivity contribution in [2.24, 2.45) is 0 Å². The van der Waals surface area contributed by atoms with Crippen LogP contribution in [0, 0.1) is 11.3 Å². The summed E-state index contributed by atoms with van der Waals surface area (Å²) in [7, 11) is 0. The zero-order chi connectivity index (χ0) is 18.6. The number of carbonyl (C=O) groups excluding carboxylic acids is 1. The molecule has 0 atom stereocenters. The van der Waals surface area contributed by atoms with Gasteiger partial charge >= 0.3 is 0 Å². The number of nitrogens with one attached hydrogen (secondary N) is 2. The zero-order valence-electron chi connectivity index (χ0n) is 14.3. The minimum absolute atomic E-state index is 0.0274. The maximum atomic E-state index is 12.6. The van der Waals surface area contributed by atoms with Gasteiger partial charge in [0.05, 0.1) is 11.8 Å². The van der Waals surface area contributed by atoms with E-state index in [2.05, 4.69) is 47.0 Å². The predicted octanol–water partition coefficient (Wildman–Crippen LogP) is 0.0509. The van der Waals surface area contributed by atoms with E-state index in [1.165, 1.54) is 17.2 Å². The first-order valence-electron chi connectivity index (χ1n) is 8.44. The molecule has 3 aromatic heterocycles. The predicted molar refractivity (Wildman–Crippen MR) is 93.0 cm³/mol. The highest BCUT2D eigenvalue weighted by Gasteiger charge is 2.25. The van der Waals surface area contributed by atoms with Crippen LogP contribution in [0.15, 0.2) is 30.9 Å². The molecule has 0 aliphatic carbocycles. The summed E-state index contributed by atoms with van der Waals surface area (Å²) in [6.07, 6.45) is 6.04. The molecule has 0 aromatic carbocycles. The van der Waals surface area contributed by atoms with Gasteiger partial charge < -0.3 is 10.2 Å². The van der Waals surface area contributed by atoms with Gasteiger partial charge in [-0.05, 0) is 35.4 Å². The first-order valence-corrected chi connectivity index (χ1v) is 8.44. The molecule has 136 valence electrons. The van der Waals surface area contributed by atoms with E-state index in [-0.39, 0.29) is 11.9 Å². The molecule has 0 spiro atoms. The van der Waals surface area contributed by atoms with Crippen LogP contribution < -0.4 is 10.2 Å². The molecule has 27 heavy (non-hydrogen) atoms. The van der Waals surface area contributed by atoms with Gasteiger partial charge in [-0.25, -0.2) is 4.98 Å². The van der Waals surface area contributed by atoms with Crippen LogP contribution in [0.4, 0.5) is 5.82 Å². The van der Waals surface area contributed by atoms with Crippen molar-refractivity contribution in [3.63, 3.8) is 0 Å². The Balaban J connectivity index is 1.40. The van der Waals surface area contributed by atoms with Crippen molar-refractivity contribution >= 4 is 11.7 Å². The van der Waals surface area contributed by atoms with Gasteiger partial charge in [0.25, 0.3) is 5.91 Å². The van der Waals surface area contributed by atoms with Gasteiger partial charge in [0.2, 0.25) is 0 Å². The summed E-state index contributed by atoms with van der Waals surface area (Å²) < 4.78 is 1.36. The highest BCUT2D eigenvalue weighted by atomic mass is 16.1. The number of carbonyl (C=O) groups is 1. The summed E-state index contributed by atoms with van der Waals surface area (Å²) in [4.78, 5) is 19.0. The maximum absolute atomic E-state index is 12.6. The summed E-state index contributed by atoms with van der Waals surface area (Å²) in [5.41, 5.74) is 0.936. The smallest absolute Gasteiger partial charge is 0.256 e. The van der Waals surface area contributed by atoms with Crippen molar-refractivity contribution in [3.8, 4) is 11.9 Å². The monoisotopic (exact) mass is 364 g/mol. The number of aromatic amines is 1. The van der Waals surface area contributed by atoms with Crippen molar-refractivity contribution in [1.29, 1.82) is 5.26 Å². The third-order valence-corrected chi connectivity index (χ3v) is 4.48. The summed E-state index contributed by atoms with van der Waals surface area (Å²) in [6.45, 7) is 1.42. The fourth-order valence-electron chi connectivity index (χ4n) is 3.12. The van der Waals surface area contributed by atoms with Crippen molar-refractivity contribution < 1.29 is 4.79 Å². The molecule has 0 bridgehead atoms. The fraction of sp³-hybridized carbons (Fsp3) is 0.312. The molecule has 0 saturated carbocycles. The topological polar surface area (TPSA) is 141 Å². The van der Waals surface area contributed by atoms with Crippen LogP contribution in [0.3, 0.4) is 0 Å². The second kappa shape index (κ2) is 7.20. The molecular formula is C16H16N10O. The molecule has 1 saturated heterocycles. The van der Waals surface area contributed by atoms with E-state index in [1.54, 1.807) is 18.3 Å². The number of hydrogen-bond acceptors (Lipinski definition) is 8. The first kappa shape index (κ1) is 16.6. The van der Waals surface area contributed by atoms with Crippen LogP contribution in [0.1, 0.15) is 28.8 Å². The molecule has 1 fully saturated rings. The average Bonchev–Trinajstić information content (AvgIpc) is 3.40. The fourth-order valence-corrected chi connectivity index (χ4v) is 3.12. The van der Waals surface area contributed by atoms with Crippen molar-refractivity contribution in [2.45, 2.75) is 18.9 Å². The zero-order valence-corrected chi connectivity index (χ0v) is 14.3. The standard InChI is InChI=1S/C16H16N10O/c17-8-11-2-1-5-18-14(11)25-6-3-12(4-7-25)21-16(27)13-9-19-22-15(13)26-10-20-23-24-26/h1-2,5,9-10,12H,3-4,6-7H2,(H,19,22)(H,21,27). The van der Waals surface area contributed by atoms with Crippen molar-refractivity contribution in [1.82, 2.24) is 40.7 Å². The molecule has 0 unspecified atom stereocenters. The van der Waals surface area contributed by atoms with E-state index >= 15 is 0 Å². The number of hydrogen-bond donors (Lipinski definition) is 2. The Morgan fingerprint density at radius 1 is 1.37 bits per heavy atom. The van der Waals surface area contributed by atoms with Crippen LogP contribution >= 0.6 is 0 Å². The lowest BCUT2D eigenvalue weighted by Crippen LogP contribution is -2.45. The number of anilines is 1. The Hall–Kier alpha value is -3.81. The SMILES string of the molecule is N#Cc1cccnc1N1CCC(NC(=O)c2cn[nH]c2-n2cnnn2)CC1. The molecule has 11 nitrogen and oxygen atoms in total. The molecule has 4 rings (SSSR count). The van der Waals surface area contributed by atoms with Crippen LogP contribution in [0.5, 0.6) is 0 Å². The van der Waals surface area contributed by atoms with Gasteiger partial charge in [-0.15, -0.1) is 5.10 Å². The number of nitriles is 1. The highest BCUT2D eigenvalue weighted by Crippen LogP contribution is 2.21. The number of H-pyrrole nitrogens is 1. The van der Waals surface area contributed by atoms with E-state index in [0.29, 0.717) is 35.9 Å². The van der Waals surface area contributed by atoms with Gasteiger partial charge in [0.15, 0.2) is 5.82 Å². The lowest BCUT2D eigenvalue weighted by Gasteiger charge is -2.33. The Kier molecular flexibility index (Phi) is 4.44. The van der Waals surface area contributed by atoms with Crippen molar-refractivity contribution in [3.05, 3.63) is 42.0 Å². The Labute approximate surface area is 154 Å². The molecular weight excluding hydrogens is 348 g/mol. The van der Waals surface area contributed by atoms with Crippen molar-refractivity contribution in [2.75, 3.05) is 18.0 Å². The second-order valence-electron chi connectivity index (χ2n) is 6.11. The quantitative estimate of drug-likeness (QED) is 0.661. The number of rotatable bonds is 4. The molecule has 2 N–H and O–H groups in total. The molecule has 1 aliphatic rings. The Morgan fingerprint density at radius 3 is 2.96 bits per heavy atom. The number of piperidine rings is 1. The molecule has 1 aliphatic heterocycles. The number of amides is 1.